The van der Waals surface area contributed by atoms with Gasteiger partial charge in [0.25, 0.3) is 0 Å². The van der Waals surface area contributed by atoms with E-state index in [9.17, 15) is 9.59 Å². The lowest BCUT2D eigenvalue weighted by atomic mass is 10.3. The first-order valence-electron chi connectivity index (χ1n) is 9.32. The molecule has 9 nitrogen and oxygen atoms in total. The summed E-state index contributed by atoms with van der Waals surface area (Å²) in [6.07, 6.45) is 4.23. The number of nitrogens with one attached hydrogen (secondary N) is 2. The van der Waals surface area contributed by atoms with Gasteiger partial charge in [0.1, 0.15) is 6.04 Å². The molecule has 0 aliphatic carbocycles. The van der Waals surface area contributed by atoms with E-state index in [1.807, 2.05) is 18.7 Å². The maximum absolute atomic E-state index is 12.5. The maximum atomic E-state index is 12.5. The second-order valence-electron chi connectivity index (χ2n) is 6.56. The summed E-state index contributed by atoms with van der Waals surface area (Å²) in [7, 11) is 0. The lowest BCUT2D eigenvalue weighted by Crippen LogP contribution is -2.55. The molecule has 2 aromatic heterocycles. The van der Waals surface area contributed by atoms with Crippen LogP contribution in [0.5, 0.6) is 0 Å². The second-order valence-corrected chi connectivity index (χ2v) is 7.76. The third-order valence-corrected chi connectivity index (χ3v) is 5.52. The fourth-order valence-corrected chi connectivity index (χ4v) is 3.83. The van der Waals surface area contributed by atoms with Gasteiger partial charge in [0.15, 0.2) is 5.13 Å². The van der Waals surface area contributed by atoms with Crippen molar-refractivity contribution in [1.82, 2.24) is 25.2 Å². The van der Waals surface area contributed by atoms with E-state index in [-0.39, 0.29) is 11.9 Å². The molecule has 1 aliphatic rings. The molecule has 2 N–H and O–H groups in total. The standard InChI is InChI=1S/C18H25N7O2S/c1-4-14-13(3)28-17(22-14)23-15(26)12(2)21-18(27)25-10-8-24(9-11-25)16-19-6-5-7-20-16/h5-7,12H,4,8-11H2,1-3H3,(H,21,27)(H,22,23,26)/t12-/m1/s1. The van der Waals surface area contributed by atoms with E-state index in [0.717, 1.165) is 17.0 Å². The Balaban J connectivity index is 1.48. The van der Waals surface area contributed by atoms with Crippen LogP contribution in [0.3, 0.4) is 0 Å². The van der Waals surface area contributed by atoms with E-state index in [1.54, 1.807) is 30.3 Å². The largest absolute Gasteiger partial charge is 0.337 e. The predicted octanol–water partition coefficient (Wildman–Crippen LogP) is 1.66. The molecule has 1 fully saturated rings. The number of aromatic nitrogens is 3. The number of nitrogens with zero attached hydrogens (tertiary/aromatic N) is 5. The van der Waals surface area contributed by atoms with Crippen molar-refractivity contribution in [2.24, 2.45) is 0 Å². The molecule has 0 bridgehead atoms. The Labute approximate surface area is 168 Å². The number of hydrogen-bond acceptors (Lipinski definition) is 7. The van der Waals surface area contributed by atoms with Crippen molar-refractivity contribution in [3.05, 3.63) is 29.0 Å². The average Bonchev–Trinajstić information content (AvgIpc) is 3.07. The molecule has 3 rings (SSSR count). The van der Waals surface area contributed by atoms with Gasteiger partial charge in [0.05, 0.1) is 5.69 Å². The van der Waals surface area contributed by atoms with Crippen LogP contribution in [-0.2, 0) is 11.2 Å². The van der Waals surface area contributed by atoms with Crippen LogP contribution in [-0.4, -0.2) is 64.0 Å². The number of rotatable bonds is 5. The van der Waals surface area contributed by atoms with Gasteiger partial charge in [-0.1, -0.05) is 6.92 Å². The van der Waals surface area contributed by atoms with Gasteiger partial charge in [-0.15, -0.1) is 11.3 Å². The number of thiazole rings is 1. The van der Waals surface area contributed by atoms with Crippen molar-refractivity contribution < 1.29 is 9.59 Å². The molecule has 28 heavy (non-hydrogen) atoms. The van der Waals surface area contributed by atoms with Crippen LogP contribution < -0.4 is 15.5 Å². The molecule has 3 heterocycles. The highest BCUT2D eigenvalue weighted by Crippen LogP contribution is 2.22. The summed E-state index contributed by atoms with van der Waals surface area (Å²) in [5.74, 6) is 0.390. The number of aryl methyl sites for hydroxylation is 2. The summed E-state index contributed by atoms with van der Waals surface area (Å²) in [5, 5.41) is 6.11. The van der Waals surface area contributed by atoms with E-state index >= 15 is 0 Å². The fourth-order valence-electron chi connectivity index (χ4n) is 2.93. The molecule has 2 aromatic rings. The van der Waals surface area contributed by atoms with E-state index in [4.69, 9.17) is 0 Å². The summed E-state index contributed by atoms with van der Waals surface area (Å²) in [4.78, 5) is 42.6. The molecule has 0 spiro atoms. The lowest BCUT2D eigenvalue weighted by Gasteiger charge is -2.35. The van der Waals surface area contributed by atoms with Crippen molar-refractivity contribution in [2.45, 2.75) is 33.2 Å². The number of piperazine rings is 1. The van der Waals surface area contributed by atoms with Crippen LogP contribution in [0, 0.1) is 6.92 Å². The highest BCUT2D eigenvalue weighted by Gasteiger charge is 2.25. The van der Waals surface area contributed by atoms with Gasteiger partial charge in [-0.25, -0.2) is 19.7 Å². The molecule has 1 atom stereocenters. The molecule has 0 aromatic carbocycles. The molecule has 1 aliphatic heterocycles. The van der Waals surface area contributed by atoms with E-state index in [0.29, 0.717) is 37.3 Å². The Morgan fingerprint density at radius 1 is 1.21 bits per heavy atom. The van der Waals surface area contributed by atoms with Gasteiger partial charge in [-0.05, 0) is 26.3 Å². The average molecular weight is 404 g/mol. The Morgan fingerprint density at radius 3 is 2.50 bits per heavy atom. The minimum Gasteiger partial charge on any atom is -0.337 e. The van der Waals surface area contributed by atoms with Gasteiger partial charge in [-0.3, -0.25) is 4.79 Å². The summed E-state index contributed by atoms with van der Waals surface area (Å²) in [6.45, 7) is 8.07. The monoisotopic (exact) mass is 403 g/mol. The molecule has 10 heteroatoms. The van der Waals surface area contributed by atoms with Crippen molar-refractivity contribution in [3.63, 3.8) is 0 Å². The Morgan fingerprint density at radius 2 is 1.89 bits per heavy atom. The molecular formula is C18H25N7O2S. The number of carbonyl (C=O) groups excluding carboxylic acids is 2. The van der Waals surface area contributed by atoms with E-state index in [1.165, 1.54) is 11.3 Å². The summed E-state index contributed by atoms with van der Waals surface area (Å²) in [5.41, 5.74) is 0.984. The van der Waals surface area contributed by atoms with Crippen molar-refractivity contribution >= 4 is 34.4 Å². The van der Waals surface area contributed by atoms with Crippen molar-refractivity contribution in [2.75, 3.05) is 36.4 Å². The van der Waals surface area contributed by atoms with Gasteiger partial charge < -0.3 is 20.4 Å². The fraction of sp³-hybridized carbons (Fsp3) is 0.500. The Hall–Kier alpha value is -2.75. The third-order valence-electron chi connectivity index (χ3n) is 4.59. The number of urea groups is 1. The summed E-state index contributed by atoms with van der Waals surface area (Å²) >= 11 is 1.45. The molecule has 3 amide bonds. The quantitative estimate of drug-likeness (QED) is 0.787. The van der Waals surface area contributed by atoms with E-state index < -0.39 is 6.04 Å². The van der Waals surface area contributed by atoms with Gasteiger partial charge in [0.2, 0.25) is 11.9 Å². The molecule has 0 saturated carbocycles. The zero-order valence-corrected chi connectivity index (χ0v) is 17.1. The minimum atomic E-state index is -0.655. The minimum absolute atomic E-state index is 0.249. The van der Waals surface area contributed by atoms with Crippen LogP contribution in [0.1, 0.15) is 24.4 Å². The lowest BCUT2D eigenvalue weighted by molar-refractivity contribution is -0.117. The molecule has 0 radical (unpaired) electrons. The van der Waals surface area contributed by atoms with Gasteiger partial charge >= 0.3 is 6.03 Å². The topological polar surface area (TPSA) is 103 Å². The zero-order chi connectivity index (χ0) is 20.1. The van der Waals surface area contributed by atoms with Crippen LogP contribution in [0.15, 0.2) is 18.5 Å². The van der Waals surface area contributed by atoms with Gasteiger partial charge in [-0.2, -0.15) is 0 Å². The van der Waals surface area contributed by atoms with Crippen molar-refractivity contribution in [1.29, 1.82) is 0 Å². The smallest absolute Gasteiger partial charge is 0.318 e. The second kappa shape index (κ2) is 8.96. The van der Waals surface area contributed by atoms with Crippen LogP contribution in [0.4, 0.5) is 15.9 Å². The summed E-state index contributed by atoms with van der Waals surface area (Å²) < 4.78 is 0. The predicted molar refractivity (Wildman–Crippen MR) is 109 cm³/mol. The Bertz CT molecular complexity index is 819. The van der Waals surface area contributed by atoms with E-state index in [2.05, 4.69) is 25.6 Å². The highest BCUT2D eigenvalue weighted by molar-refractivity contribution is 7.15. The van der Waals surface area contributed by atoms with Crippen molar-refractivity contribution in [3.8, 4) is 0 Å². The first-order valence-corrected chi connectivity index (χ1v) is 10.1. The summed E-state index contributed by atoms with van der Waals surface area (Å²) in [6, 6.07) is 0.869. The third kappa shape index (κ3) is 4.75. The maximum Gasteiger partial charge on any atom is 0.318 e. The molecule has 150 valence electrons. The first kappa shape index (κ1) is 20.0. The SMILES string of the molecule is CCc1nc(NC(=O)[C@@H](C)NC(=O)N2CCN(c3ncccn3)CC2)sc1C. The Kier molecular flexibility index (Phi) is 6.40. The van der Waals surface area contributed by atoms with Gasteiger partial charge in [0, 0.05) is 43.4 Å². The first-order chi connectivity index (χ1) is 13.5. The van der Waals surface area contributed by atoms with Crippen LogP contribution in [0.25, 0.3) is 0 Å². The number of hydrogen-bond donors (Lipinski definition) is 2. The number of carbonyl (C=O) groups is 2. The van der Waals surface area contributed by atoms with Crippen LogP contribution >= 0.6 is 11.3 Å². The van der Waals surface area contributed by atoms with Crippen LogP contribution in [0.2, 0.25) is 0 Å². The number of anilines is 2. The molecule has 0 unspecified atom stereocenters. The normalized spacial score (nSPS) is 15.2. The number of amides is 3. The highest BCUT2D eigenvalue weighted by atomic mass is 32.1. The molecule has 1 saturated heterocycles. The zero-order valence-electron chi connectivity index (χ0n) is 16.3. The molecular weight excluding hydrogens is 378 g/mol.